The zero-order chi connectivity index (χ0) is 14.0. The van der Waals surface area contributed by atoms with Crippen LogP contribution in [0.25, 0.3) is 0 Å². The van der Waals surface area contributed by atoms with Gasteiger partial charge in [-0.2, -0.15) is 0 Å². The lowest BCUT2D eigenvalue weighted by atomic mass is 10.1. The standard InChI is InChI=1S/C15H16N2O2/c1-9-6-7-11(14(18)8-9)15(19)17-13-5-3-4-12(16)10(13)2/h3-8,18H,16H2,1-2H3,(H,17,19). The van der Waals surface area contributed by atoms with Gasteiger partial charge < -0.3 is 16.2 Å². The van der Waals surface area contributed by atoms with Crippen LogP contribution in [0.4, 0.5) is 11.4 Å². The van der Waals surface area contributed by atoms with Gasteiger partial charge in [0.15, 0.2) is 0 Å². The summed E-state index contributed by atoms with van der Waals surface area (Å²) < 4.78 is 0. The molecule has 98 valence electrons. The summed E-state index contributed by atoms with van der Waals surface area (Å²) in [7, 11) is 0. The van der Waals surface area contributed by atoms with Gasteiger partial charge in [0.05, 0.1) is 5.56 Å². The molecule has 0 aliphatic rings. The molecule has 2 aromatic rings. The highest BCUT2D eigenvalue weighted by Crippen LogP contribution is 2.23. The molecule has 0 bridgehead atoms. The smallest absolute Gasteiger partial charge is 0.259 e. The van der Waals surface area contributed by atoms with Crippen LogP contribution in [0.3, 0.4) is 0 Å². The number of rotatable bonds is 2. The Kier molecular flexibility index (Phi) is 3.42. The van der Waals surface area contributed by atoms with E-state index in [9.17, 15) is 9.90 Å². The van der Waals surface area contributed by atoms with Crippen molar-refractivity contribution in [3.63, 3.8) is 0 Å². The predicted molar refractivity (Wildman–Crippen MR) is 76.4 cm³/mol. The normalized spacial score (nSPS) is 10.2. The number of nitrogens with two attached hydrogens (primary N) is 1. The maximum Gasteiger partial charge on any atom is 0.259 e. The van der Waals surface area contributed by atoms with E-state index in [1.807, 2.05) is 13.8 Å². The maximum atomic E-state index is 12.1. The molecule has 0 spiro atoms. The Morgan fingerprint density at radius 1 is 1.21 bits per heavy atom. The number of hydrogen-bond donors (Lipinski definition) is 3. The van der Waals surface area contributed by atoms with Crippen LogP contribution in [0, 0.1) is 13.8 Å². The summed E-state index contributed by atoms with van der Waals surface area (Å²) >= 11 is 0. The Balaban J connectivity index is 2.28. The Labute approximate surface area is 111 Å². The predicted octanol–water partition coefficient (Wildman–Crippen LogP) is 2.84. The van der Waals surface area contributed by atoms with Crippen LogP contribution in [0.2, 0.25) is 0 Å². The van der Waals surface area contributed by atoms with Crippen LogP contribution in [-0.2, 0) is 0 Å². The van der Waals surface area contributed by atoms with E-state index >= 15 is 0 Å². The molecule has 0 heterocycles. The average Bonchev–Trinajstić information content (AvgIpc) is 2.34. The Morgan fingerprint density at radius 2 is 1.95 bits per heavy atom. The second-order valence-corrected chi connectivity index (χ2v) is 4.49. The van der Waals surface area contributed by atoms with Gasteiger partial charge in [-0.1, -0.05) is 12.1 Å². The zero-order valence-electron chi connectivity index (χ0n) is 10.9. The molecule has 0 saturated carbocycles. The molecule has 19 heavy (non-hydrogen) atoms. The van der Waals surface area contributed by atoms with Gasteiger partial charge in [-0.05, 0) is 49.2 Å². The van der Waals surface area contributed by atoms with Crippen molar-refractivity contribution in [2.24, 2.45) is 0 Å². The van der Waals surface area contributed by atoms with Crippen LogP contribution < -0.4 is 11.1 Å². The average molecular weight is 256 g/mol. The van der Waals surface area contributed by atoms with Crippen molar-refractivity contribution in [3.8, 4) is 5.75 Å². The highest BCUT2D eigenvalue weighted by molar-refractivity contribution is 6.06. The number of anilines is 2. The number of nitrogen functional groups attached to an aromatic ring is 1. The van der Waals surface area contributed by atoms with Crippen LogP contribution in [0.15, 0.2) is 36.4 Å². The number of nitrogens with one attached hydrogen (secondary N) is 1. The van der Waals surface area contributed by atoms with E-state index in [1.54, 1.807) is 36.4 Å². The fourth-order valence-corrected chi connectivity index (χ4v) is 1.81. The first-order chi connectivity index (χ1) is 8.99. The van der Waals surface area contributed by atoms with Crippen molar-refractivity contribution in [2.45, 2.75) is 13.8 Å². The second-order valence-electron chi connectivity index (χ2n) is 4.49. The van der Waals surface area contributed by atoms with E-state index in [4.69, 9.17) is 5.73 Å². The van der Waals surface area contributed by atoms with Crippen molar-refractivity contribution < 1.29 is 9.90 Å². The van der Waals surface area contributed by atoms with Crippen molar-refractivity contribution >= 4 is 17.3 Å². The number of phenolic OH excluding ortho intramolecular Hbond substituents is 1. The number of carbonyl (C=O) groups excluding carboxylic acids is 1. The van der Waals surface area contributed by atoms with E-state index in [0.717, 1.165) is 11.1 Å². The van der Waals surface area contributed by atoms with Gasteiger partial charge in [0.2, 0.25) is 0 Å². The fourth-order valence-electron chi connectivity index (χ4n) is 1.81. The Hall–Kier alpha value is -2.49. The van der Waals surface area contributed by atoms with Gasteiger partial charge in [-0.15, -0.1) is 0 Å². The number of carbonyl (C=O) groups is 1. The van der Waals surface area contributed by atoms with Gasteiger partial charge in [0, 0.05) is 11.4 Å². The van der Waals surface area contributed by atoms with Gasteiger partial charge in [-0.25, -0.2) is 0 Å². The summed E-state index contributed by atoms with van der Waals surface area (Å²) in [6.45, 7) is 3.68. The Morgan fingerprint density at radius 3 is 2.63 bits per heavy atom. The topological polar surface area (TPSA) is 75.4 Å². The van der Waals surface area contributed by atoms with Crippen LogP contribution in [0.5, 0.6) is 5.75 Å². The minimum absolute atomic E-state index is 0.0287. The van der Waals surface area contributed by atoms with E-state index in [-0.39, 0.29) is 17.2 Å². The molecule has 0 unspecified atom stereocenters. The zero-order valence-corrected chi connectivity index (χ0v) is 10.9. The number of amides is 1. The summed E-state index contributed by atoms with van der Waals surface area (Å²) in [5.74, 6) is -0.384. The molecule has 1 amide bonds. The molecule has 0 radical (unpaired) electrons. The molecule has 0 atom stereocenters. The van der Waals surface area contributed by atoms with Gasteiger partial charge in [0.1, 0.15) is 5.75 Å². The summed E-state index contributed by atoms with van der Waals surface area (Å²) in [6, 6.07) is 10.2. The van der Waals surface area contributed by atoms with Gasteiger partial charge in [0.25, 0.3) is 5.91 Å². The van der Waals surface area contributed by atoms with E-state index in [0.29, 0.717) is 11.4 Å². The number of hydrogen-bond acceptors (Lipinski definition) is 3. The highest BCUT2D eigenvalue weighted by Gasteiger charge is 2.12. The van der Waals surface area contributed by atoms with Crippen molar-refractivity contribution in [2.75, 3.05) is 11.1 Å². The summed E-state index contributed by atoms with van der Waals surface area (Å²) in [5.41, 5.74) is 8.99. The molecular weight excluding hydrogens is 240 g/mol. The van der Waals surface area contributed by atoms with Crippen LogP contribution in [-0.4, -0.2) is 11.0 Å². The second kappa shape index (κ2) is 5.02. The Bertz CT molecular complexity index is 636. The lowest BCUT2D eigenvalue weighted by Gasteiger charge is -2.11. The molecule has 0 fully saturated rings. The monoisotopic (exact) mass is 256 g/mol. The summed E-state index contributed by atoms with van der Waals surface area (Å²) in [5, 5.41) is 12.5. The first-order valence-corrected chi connectivity index (χ1v) is 5.95. The largest absolute Gasteiger partial charge is 0.507 e. The van der Waals surface area contributed by atoms with E-state index in [2.05, 4.69) is 5.32 Å². The van der Waals surface area contributed by atoms with E-state index in [1.165, 1.54) is 0 Å². The molecule has 0 aromatic heterocycles. The van der Waals surface area contributed by atoms with Crippen LogP contribution in [0.1, 0.15) is 21.5 Å². The van der Waals surface area contributed by atoms with E-state index < -0.39 is 0 Å². The van der Waals surface area contributed by atoms with Crippen molar-refractivity contribution in [1.82, 2.24) is 0 Å². The van der Waals surface area contributed by atoms with Gasteiger partial charge >= 0.3 is 0 Å². The molecule has 0 aliphatic carbocycles. The van der Waals surface area contributed by atoms with Crippen molar-refractivity contribution in [1.29, 1.82) is 0 Å². The van der Waals surface area contributed by atoms with Crippen LogP contribution >= 0.6 is 0 Å². The minimum Gasteiger partial charge on any atom is -0.507 e. The third-order valence-electron chi connectivity index (χ3n) is 3.02. The number of aromatic hydroxyl groups is 1. The fraction of sp³-hybridized carbons (Fsp3) is 0.133. The quantitative estimate of drug-likeness (QED) is 0.723. The molecular formula is C15H16N2O2. The lowest BCUT2D eigenvalue weighted by molar-refractivity contribution is 0.102. The number of aryl methyl sites for hydroxylation is 1. The molecule has 4 heteroatoms. The summed E-state index contributed by atoms with van der Waals surface area (Å²) in [4.78, 5) is 12.1. The first kappa shape index (κ1) is 13.0. The first-order valence-electron chi connectivity index (χ1n) is 5.95. The molecule has 2 aromatic carbocycles. The van der Waals surface area contributed by atoms with Gasteiger partial charge in [-0.3, -0.25) is 4.79 Å². The third-order valence-corrected chi connectivity index (χ3v) is 3.02. The summed E-state index contributed by atoms with van der Waals surface area (Å²) in [6.07, 6.45) is 0. The third kappa shape index (κ3) is 2.68. The lowest BCUT2D eigenvalue weighted by Crippen LogP contribution is -2.13. The maximum absolute atomic E-state index is 12.1. The SMILES string of the molecule is Cc1ccc(C(=O)Nc2cccc(N)c2C)c(O)c1. The van der Waals surface area contributed by atoms with Crippen molar-refractivity contribution in [3.05, 3.63) is 53.1 Å². The molecule has 4 nitrogen and oxygen atoms in total. The molecule has 0 aliphatic heterocycles. The number of benzene rings is 2. The molecule has 4 N–H and O–H groups in total. The molecule has 2 rings (SSSR count). The molecule has 0 saturated heterocycles. The highest BCUT2D eigenvalue weighted by atomic mass is 16.3. The number of phenols is 1. The minimum atomic E-state index is -0.355.